The molecule has 0 radical (unpaired) electrons. The molecule has 0 fully saturated rings. The van der Waals surface area contributed by atoms with E-state index in [1.54, 1.807) is 0 Å². The molecule has 0 bridgehead atoms. The van der Waals surface area contributed by atoms with Gasteiger partial charge < -0.3 is 14.8 Å². The number of benzene rings is 1. The lowest BCUT2D eigenvalue weighted by atomic mass is 10.1. The monoisotopic (exact) mass is 263 g/mol. The van der Waals surface area contributed by atoms with Crippen LogP contribution in [-0.4, -0.2) is 19.8 Å². The number of ether oxygens (including phenoxy) is 2. The van der Waals surface area contributed by atoms with Gasteiger partial charge in [0, 0.05) is 18.5 Å². The summed E-state index contributed by atoms with van der Waals surface area (Å²) in [5, 5.41) is 3.32. The van der Waals surface area contributed by atoms with Crippen LogP contribution in [0.15, 0.2) is 30.4 Å². The molecule has 0 spiro atoms. The van der Waals surface area contributed by atoms with Gasteiger partial charge in [0.05, 0.1) is 13.2 Å². The number of nitrogens with one attached hydrogen (secondary N) is 1. The lowest BCUT2D eigenvalue weighted by Gasteiger charge is -2.16. The van der Waals surface area contributed by atoms with Crippen molar-refractivity contribution in [1.82, 2.24) is 5.32 Å². The van der Waals surface area contributed by atoms with Crippen LogP contribution in [0.3, 0.4) is 0 Å². The van der Waals surface area contributed by atoms with Crippen molar-refractivity contribution in [2.75, 3.05) is 19.8 Å². The zero-order chi connectivity index (χ0) is 14.1. The first-order valence-electron chi connectivity index (χ1n) is 6.91. The minimum Gasteiger partial charge on any atom is -0.490 e. The summed E-state index contributed by atoms with van der Waals surface area (Å²) in [6.45, 7) is 13.0. The molecule has 19 heavy (non-hydrogen) atoms. The summed E-state index contributed by atoms with van der Waals surface area (Å²) in [6, 6.07) is 6.03. The van der Waals surface area contributed by atoms with Crippen LogP contribution in [0.25, 0.3) is 0 Å². The first-order valence-corrected chi connectivity index (χ1v) is 6.91. The molecule has 1 rings (SSSR count). The van der Waals surface area contributed by atoms with E-state index in [-0.39, 0.29) is 0 Å². The van der Waals surface area contributed by atoms with E-state index in [2.05, 4.69) is 24.9 Å². The van der Waals surface area contributed by atoms with E-state index in [1.165, 1.54) is 0 Å². The summed E-state index contributed by atoms with van der Waals surface area (Å²) in [5.74, 6) is 1.67. The van der Waals surface area contributed by atoms with Gasteiger partial charge in [-0.05, 0) is 26.5 Å². The zero-order valence-electron chi connectivity index (χ0n) is 12.3. The van der Waals surface area contributed by atoms with E-state index < -0.39 is 0 Å². The minimum absolute atomic E-state index is 0.637. The minimum atomic E-state index is 0.637. The van der Waals surface area contributed by atoms with Gasteiger partial charge in [0.2, 0.25) is 0 Å². The summed E-state index contributed by atoms with van der Waals surface area (Å²) in [4.78, 5) is 0. The van der Waals surface area contributed by atoms with Gasteiger partial charge in [-0.15, -0.1) is 6.58 Å². The third kappa shape index (κ3) is 5.35. The van der Waals surface area contributed by atoms with Crippen molar-refractivity contribution in [2.45, 2.75) is 33.7 Å². The molecule has 0 unspecified atom stereocenters. The van der Waals surface area contributed by atoms with Crippen molar-refractivity contribution < 1.29 is 9.47 Å². The highest BCUT2D eigenvalue weighted by Gasteiger charge is 2.10. The van der Waals surface area contributed by atoms with Crippen LogP contribution >= 0.6 is 0 Å². The Morgan fingerprint density at radius 2 is 2.05 bits per heavy atom. The molecule has 0 aromatic heterocycles. The highest BCUT2D eigenvalue weighted by Crippen LogP contribution is 2.31. The van der Waals surface area contributed by atoms with Crippen LogP contribution in [0.5, 0.6) is 11.5 Å². The summed E-state index contributed by atoms with van der Waals surface area (Å²) < 4.78 is 11.5. The van der Waals surface area contributed by atoms with Crippen LogP contribution in [0, 0.1) is 0 Å². The molecule has 0 amide bonds. The van der Waals surface area contributed by atoms with Crippen LogP contribution in [0.1, 0.15) is 32.8 Å². The van der Waals surface area contributed by atoms with E-state index in [0.29, 0.717) is 13.2 Å². The third-order valence-electron chi connectivity index (χ3n) is 2.70. The number of hydrogen-bond acceptors (Lipinski definition) is 3. The molecule has 1 aromatic carbocycles. The topological polar surface area (TPSA) is 30.5 Å². The first kappa shape index (κ1) is 15.6. The normalized spacial score (nSPS) is 10.3. The van der Waals surface area contributed by atoms with Gasteiger partial charge in [-0.2, -0.15) is 0 Å². The second-order valence-electron chi connectivity index (χ2n) is 4.51. The van der Waals surface area contributed by atoms with Gasteiger partial charge in [-0.25, -0.2) is 0 Å². The Bertz CT molecular complexity index is 402. The molecule has 106 valence electrons. The van der Waals surface area contributed by atoms with Gasteiger partial charge in [-0.3, -0.25) is 0 Å². The Balaban J connectivity index is 2.82. The molecule has 0 saturated heterocycles. The van der Waals surface area contributed by atoms with Crippen LogP contribution in [-0.2, 0) is 6.54 Å². The summed E-state index contributed by atoms with van der Waals surface area (Å²) in [5.41, 5.74) is 2.26. The number of rotatable bonds is 9. The fourth-order valence-electron chi connectivity index (χ4n) is 1.72. The fraction of sp³-hybridized carbons (Fsp3) is 0.500. The van der Waals surface area contributed by atoms with Gasteiger partial charge in [0.25, 0.3) is 0 Å². The largest absolute Gasteiger partial charge is 0.490 e. The van der Waals surface area contributed by atoms with E-state index in [4.69, 9.17) is 9.47 Å². The summed E-state index contributed by atoms with van der Waals surface area (Å²) >= 11 is 0. The zero-order valence-corrected chi connectivity index (χ0v) is 12.3. The van der Waals surface area contributed by atoms with Crippen molar-refractivity contribution in [2.24, 2.45) is 0 Å². The Hall–Kier alpha value is -1.48. The average Bonchev–Trinajstić information content (AvgIpc) is 2.38. The molecule has 0 saturated carbocycles. The molecule has 0 aliphatic rings. The lowest BCUT2D eigenvalue weighted by Crippen LogP contribution is -2.13. The molecular formula is C16H25NO2. The molecule has 3 heteroatoms. The number of hydrogen-bond donors (Lipinski definition) is 1. The summed E-state index contributed by atoms with van der Waals surface area (Å²) in [7, 11) is 0. The maximum absolute atomic E-state index is 5.90. The highest BCUT2D eigenvalue weighted by atomic mass is 16.5. The van der Waals surface area contributed by atoms with Gasteiger partial charge in [0.15, 0.2) is 11.5 Å². The Kier molecular flexibility index (Phi) is 7.04. The lowest BCUT2D eigenvalue weighted by molar-refractivity contribution is 0.276. The maximum Gasteiger partial charge on any atom is 0.165 e. The van der Waals surface area contributed by atoms with E-state index in [0.717, 1.165) is 42.1 Å². The van der Waals surface area contributed by atoms with E-state index in [1.807, 2.05) is 26.0 Å². The summed E-state index contributed by atoms with van der Waals surface area (Å²) in [6.07, 6.45) is 0.862. The predicted octanol–water partition coefficient (Wildman–Crippen LogP) is 3.54. The smallest absolute Gasteiger partial charge is 0.165 e. The molecule has 0 heterocycles. The van der Waals surface area contributed by atoms with Crippen LogP contribution < -0.4 is 14.8 Å². The van der Waals surface area contributed by atoms with Gasteiger partial charge in [0.1, 0.15) is 0 Å². The van der Waals surface area contributed by atoms with Gasteiger partial charge >= 0.3 is 0 Å². The molecule has 0 atom stereocenters. The third-order valence-corrected chi connectivity index (χ3v) is 2.70. The molecule has 1 N–H and O–H groups in total. The van der Waals surface area contributed by atoms with Crippen molar-refractivity contribution in [3.8, 4) is 11.5 Å². The molecule has 0 aliphatic carbocycles. The Morgan fingerprint density at radius 3 is 2.68 bits per heavy atom. The second kappa shape index (κ2) is 8.59. The SMILES string of the molecule is C=C(C)CCOc1c(CNCC)cccc1OCC. The van der Waals surface area contributed by atoms with Gasteiger partial charge in [-0.1, -0.05) is 24.6 Å². The average molecular weight is 263 g/mol. The molecule has 0 aliphatic heterocycles. The standard InChI is InChI=1S/C16H25NO2/c1-5-17-12-14-8-7-9-15(18-6-2)16(14)19-11-10-13(3)4/h7-9,17H,3,5-6,10-12H2,1-2,4H3. The van der Waals surface area contributed by atoms with Crippen molar-refractivity contribution in [3.05, 3.63) is 35.9 Å². The quantitative estimate of drug-likeness (QED) is 0.691. The highest BCUT2D eigenvalue weighted by molar-refractivity contribution is 5.46. The maximum atomic E-state index is 5.90. The number of para-hydroxylation sites is 1. The van der Waals surface area contributed by atoms with Crippen molar-refractivity contribution in [1.29, 1.82) is 0 Å². The molecule has 1 aromatic rings. The van der Waals surface area contributed by atoms with E-state index in [9.17, 15) is 0 Å². The predicted molar refractivity (Wildman–Crippen MR) is 79.9 cm³/mol. The second-order valence-corrected chi connectivity index (χ2v) is 4.51. The first-order chi connectivity index (χ1) is 9.19. The fourth-order valence-corrected chi connectivity index (χ4v) is 1.72. The Morgan fingerprint density at radius 1 is 1.26 bits per heavy atom. The van der Waals surface area contributed by atoms with Crippen LogP contribution in [0.2, 0.25) is 0 Å². The van der Waals surface area contributed by atoms with Crippen molar-refractivity contribution >= 4 is 0 Å². The van der Waals surface area contributed by atoms with Crippen molar-refractivity contribution in [3.63, 3.8) is 0 Å². The molecule has 3 nitrogen and oxygen atoms in total. The van der Waals surface area contributed by atoms with E-state index >= 15 is 0 Å². The Labute approximate surface area is 116 Å². The van der Waals surface area contributed by atoms with Crippen LogP contribution in [0.4, 0.5) is 0 Å². The molecular weight excluding hydrogens is 238 g/mol.